The van der Waals surface area contributed by atoms with E-state index in [0.717, 1.165) is 27.6 Å². The van der Waals surface area contributed by atoms with E-state index < -0.39 is 0 Å². The minimum atomic E-state index is -0.322. The molecule has 0 aliphatic heterocycles. The fourth-order valence-electron chi connectivity index (χ4n) is 1.38. The first-order valence-corrected chi connectivity index (χ1v) is 6.28. The number of unbranched alkanes of at least 4 members (excludes halogenated alkanes) is 2. The molecule has 0 amide bonds. The monoisotopic (exact) mass is 232 g/mol. The van der Waals surface area contributed by atoms with Crippen LogP contribution in [0.4, 0.5) is 0 Å². The van der Waals surface area contributed by atoms with Crippen LogP contribution in [0, 0.1) is 6.92 Å². The van der Waals surface area contributed by atoms with Gasteiger partial charge < -0.3 is 5.11 Å². The zero-order valence-corrected chi connectivity index (χ0v) is 10.3. The molecule has 1 rings (SSSR count). The van der Waals surface area contributed by atoms with Crippen molar-refractivity contribution in [1.82, 2.24) is 0 Å². The lowest BCUT2D eigenvalue weighted by Gasteiger charge is -2.06. The van der Waals surface area contributed by atoms with Crippen LogP contribution in [0.1, 0.15) is 49.2 Å². The number of aliphatic hydroxyl groups excluding tert-OH is 1. The van der Waals surface area contributed by atoms with Gasteiger partial charge in [-0.25, -0.2) is 0 Å². The summed E-state index contributed by atoms with van der Waals surface area (Å²) < 4.78 is 0.801. The molecule has 0 aliphatic rings. The summed E-state index contributed by atoms with van der Waals surface area (Å²) in [6, 6.07) is 1.99. The Hall–Kier alpha value is -0.0500. The highest BCUT2D eigenvalue weighted by molar-refractivity contribution is 7.16. The largest absolute Gasteiger partial charge is 0.388 e. The molecule has 0 radical (unpaired) electrons. The van der Waals surface area contributed by atoms with E-state index in [1.807, 2.05) is 13.0 Å². The zero-order valence-electron chi connectivity index (χ0n) is 8.72. The van der Waals surface area contributed by atoms with E-state index in [0.29, 0.717) is 0 Å². The summed E-state index contributed by atoms with van der Waals surface area (Å²) in [6.45, 7) is 4.14. The van der Waals surface area contributed by atoms with Crippen molar-refractivity contribution in [3.8, 4) is 0 Å². The summed E-state index contributed by atoms with van der Waals surface area (Å²) in [5.74, 6) is 0. The number of hydrogen-bond donors (Lipinski definition) is 1. The number of rotatable bonds is 5. The van der Waals surface area contributed by atoms with E-state index in [4.69, 9.17) is 11.6 Å². The second-order valence-electron chi connectivity index (χ2n) is 3.62. The molecular weight excluding hydrogens is 216 g/mol. The lowest BCUT2D eigenvalue weighted by Crippen LogP contribution is -1.93. The minimum absolute atomic E-state index is 0.322. The molecule has 14 heavy (non-hydrogen) atoms. The van der Waals surface area contributed by atoms with Gasteiger partial charge in [-0.05, 0) is 25.0 Å². The molecule has 0 saturated carbocycles. The highest BCUT2D eigenvalue weighted by Gasteiger charge is 2.11. The van der Waals surface area contributed by atoms with Gasteiger partial charge in [0.15, 0.2) is 0 Å². The van der Waals surface area contributed by atoms with Crippen LogP contribution in [-0.4, -0.2) is 5.11 Å². The van der Waals surface area contributed by atoms with Crippen LogP contribution in [0.15, 0.2) is 6.07 Å². The van der Waals surface area contributed by atoms with E-state index in [-0.39, 0.29) is 6.10 Å². The summed E-state index contributed by atoms with van der Waals surface area (Å²) in [5, 5.41) is 9.84. The molecule has 1 nitrogen and oxygen atoms in total. The smallest absolute Gasteiger partial charge is 0.0961 e. The van der Waals surface area contributed by atoms with Crippen LogP contribution < -0.4 is 0 Å². The Morgan fingerprint density at radius 1 is 1.50 bits per heavy atom. The highest BCUT2D eigenvalue weighted by atomic mass is 35.5. The van der Waals surface area contributed by atoms with Crippen molar-refractivity contribution in [2.75, 3.05) is 0 Å². The van der Waals surface area contributed by atoms with E-state index in [1.54, 1.807) is 0 Å². The Balaban J connectivity index is 2.47. The molecule has 1 aromatic rings. The molecule has 3 heteroatoms. The lowest BCUT2D eigenvalue weighted by molar-refractivity contribution is 0.167. The Kier molecular flexibility index (Phi) is 4.93. The van der Waals surface area contributed by atoms with E-state index >= 15 is 0 Å². The van der Waals surface area contributed by atoms with Gasteiger partial charge in [0.05, 0.1) is 10.4 Å². The number of hydrogen-bond acceptors (Lipinski definition) is 2. The lowest BCUT2D eigenvalue weighted by atomic mass is 10.1. The molecule has 1 aromatic heterocycles. The number of halogens is 1. The Labute approximate surface area is 94.7 Å². The quantitative estimate of drug-likeness (QED) is 0.750. The first-order chi connectivity index (χ1) is 6.65. The maximum atomic E-state index is 9.84. The topological polar surface area (TPSA) is 20.2 Å². The number of aliphatic hydroxyl groups is 1. The van der Waals surface area contributed by atoms with Gasteiger partial charge in [0, 0.05) is 4.88 Å². The third-order valence-corrected chi connectivity index (χ3v) is 3.94. The van der Waals surface area contributed by atoms with Gasteiger partial charge in [-0.1, -0.05) is 37.8 Å². The molecule has 1 N–H and O–H groups in total. The zero-order chi connectivity index (χ0) is 10.6. The summed E-state index contributed by atoms with van der Waals surface area (Å²) in [7, 11) is 0. The first kappa shape index (κ1) is 12.0. The highest BCUT2D eigenvalue weighted by Crippen LogP contribution is 2.32. The van der Waals surface area contributed by atoms with Crippen LogP contribution >= 0.6 is 22.9 Å². The maximum absolute atomic E-state index is 9.84. The molecule has 80 valence electrons. The van der Waals surface area contributed by atoms with Gasteiger partial charge in [0.1, 0.15) is 0 Å². The average Bonchev–Trinajstić information content (AvgIpc) is 2.47. The van der Waals surface area contributed by atoms with Crippen molar-refractivity contribution in [2.45, 2.75) is 45.6 Å². The Bertz CT molecular complexity index is 263. The van der Waals surface area contributed by atoms with Gasteiger partial charge in [0.25, 0.3) is 0 Å². The molecule has 0 aliphatic carbocycles. The Morgan fingerprint density at radius 3 is 2.71 bits per heavy atom. The first-order valence-electron chi connectivity index (χ1n) is 5.09. The van der Waals surface area contributed by atoms with Crippen LogP contribution in [0.3, 0.4) is 0 Å². The van der Waals surface area contributed by atoms with Gasteiger partial charge >= 0.3 is 0 Å². The van der Waals surface area contributed by atoms with Crippen molar-refractivity contribution in [1.29, 1.82) is 0 Å². The number of thiophene rings is 1. The molecular formula is C11H17ClOS. The molecule has 0 saturated heterocycles. The van der Waals surface area contributed by atoms with Crippen LogP contribution in [0.5, 0.6) is 0 Å². The van der Waals surface area contributed by atoms with E-state index in [1.165, 1.54) is 24.2 Å². The van der Waals surface area contributed by atoms with Crippen molar-refractivity contribution in [2.24, 2.45) is 0 Å². The third-order valence-electron chi connectivity index (χ3n) is 2.29. The average molecular weight is 233 g/mol. The van der Waals surface area contributed by atoms with Gasteiger partial charge in [-0.3, -0.25) is 0 Å². The van der Waals surface area contributed by atoms with Crippen LogP contribution in [0.2, 0.25) is 4.34 Å². The second-order valence-corrected chi connectivity index (χ2v) is 5.30. The fourth-order valence-corrected chi connectivity index (χ4v) is 2.62. The summed E-state index contributed by atoms with van der Waals surface area (Å²) >= 11 is 7.44. The van der Waals surface area contributed by atoms with Crippen LogP contribution in [0.25, 0.3) is 0 Å². The standard InChI is InChI=1S/C11H17ClOS/c1-3-4-5-6-9(13)10-7-8(2)11(12)14-10/h7,9,13H,3-6H2,1-2H3. The SMILES string of the molecule is CCCCCC(O)c1cc(C)c(Cl)s1. The molecule has 1 heterocycles. The van der Waals surface area contributed by atoms with Gasteiger partial charge in [-0.2, -0.15) is 0 Å². The van der Waals surface area contributed by atoms with Crippen molar-refractivity contribution >= 4 is 22.9 Å². The third kappa shape index (κ3) is 3.26. The van der Waals surface area contributed by atoms with Gasteiger partial charge in [-0.15, -0.1) is 11.3 Å². The summed E-state index contributed by atoms with van der Waals surface area (Å²) in [6.07, 6.45) is 4.00. The molecule has 0 aromatic carbocycles. The predicted molar refractivity (Wildman–Crippen MR) is 63.2 cm³/mol. The van der Waals surface area contributed by atoms with Gasteiger partial charge in [0.2, 0.25) is 0 Å². The summed E-state index contributed by atoms with van der Waals surface area (Å²) in [5.41, 5.74) is 1.07. The number of aryl methyl sites for hydroxylation is 1. The van der Waals surface area contributed by atoms with E-state index in [2.05, 4.69) is 6.92 Å². The second kappa shape index (κ2) is 5.74. The maximum Gasteiger partial charge on any atom is 0.0961 e. The van der Waals surface area contributed by atoms with Crippen molar-refractivity contribution in [3.05, 3.63) is 20.8 Å². The fraction of sp³-hybridized carbons (Fsp3) is 0.636. The molecule has 1 unspecified atom stereocenters. The van der Waals surface area contributed by atoms with Crippen molar-refractivity contribution < 1.29 is 5.11 Å². The van der Waals surface area contributed by atoms with Crippen LogP contribution in [-0.2, 0) is 0 Å². The molecule has 0 bridgehead atoms. The molecule has 1 atom stereocenters. The minimum Gasteiger partial charge on any atom is -0.388 e. The molecule has 0 fully saturated rings. The van der Waals surface area contributed by atoms with Crippen molar-refractivity contribution in [3.63, 3.8) is 0 Å². The normalized spacial score (nSPS) is 13.1. The molecule has 0 spiro atoms. The predicted octanol–water partition coefficient (Wildman–Crippen LogP) is 4.32. The Morgan fingerprint density at radius 2 is 2.21 bits per heavy atom. The summed E-state index contributed by atoms with van der Waals surface area (Å²) in [4.78, 5) is 1.00. The van der Waals surface area contributed by atoms with E-state index in [9.17, 15) is 5.11 Å².